The zero-order valence-corrected chi connectivity index (χ0v) is 6.64. The first-order chi connectivity index (χ1) is 5.11. The number of hydrogen-bond donors (Lipinski definition) is 1. The van der Waals surface area contributed by atoms with Crippen LogP contribution in [0.3, 0.4) is 0 Å². The quantitative estimate of drug-likeness (QED) is 0.637. The van der Waals surface area contributed by atoms with Crippen LogP contribution in [0.1, 0.15) is 16.1 Å². The molecule has 1 aromatic heterocycles. The molecule has 0 aliphatic carbocycles. The Morgan fingerprint density at radius 3 is 2.91 bits per heavy atom. The standard InChI is InChI=1S/C7H6ClN2O/c1-4-2-3-5(7(9)11)10-6(4)8/h2H,1H3,(H2,9,11). The van der Waals surface area contributed by atoms with Crippen LogP contribution in [-0.2, 0) is 0 Å². The Balaban J connectivity index is 3.15. The number of rotatable bonds is 1. The summed E-state index contributed by atoms with van der Waals surface area (Å²) in [6, 6.07) is 4.19. The van der Waals surface area contributed by atoms with Crippen LogP contribution in [0, 0.1) is 13.0 Å². The molecule has 2 N–H and O–H groups in total. The van der Waals surface area contributed by atoms with Gasteiger partial charge in [-0.25, -0.2) is 4.98 Å². The molecule has 4 heteroatoms. The number of carbonyl (C=O) groups is 1. The predicted molar refractivity (Wildman–Crippen MR) is 41.3 cm³/mol. The van der Waals surface area contributed by atoms with Crippen molar-refractivity contribution < 1.29 is 4.79 Å². The largest absolute Gasteiger partial charge is 0.364 e. The van der Waals surface area contributed by atoms with Crippen molar-refractivity contribution in [1.29, 1.82) is 0 Å². The summed E-state index contributed by atoms with van der Waals surface area (Å²) >= 11 is 5.62. The van der Waals surface area contributed by atoms with Crippen LogP contribution in [-0.4, -0.2) is 10.9 Å². The lowest BCUT2D eigenvalue weighted by Crippen LogP contribution is -2.13. The summed E-state index contributed by atoms with van der Waals surface area (Å²) in [6.07, 6.45) is 0. The fraction of sp³-hybridized carbons (Fsp3) is 0.143. The highest BCUT2D eigenvalue weighted by molar-refractivity contribution is 6.30. The molecule has 0 bridgehead atoms. The van der Waals surface area contributed by atoms with Gasteiger partial charge in [-0.3, -0.25) is 4.79 Å². The fourth-order valence-corrected chi connectivity index (χ4v) is 0.720. The van der Waals surface area contributed by atoms with Crippen LogP contribution in [0.5, 0.6) is 0 Å². The van der Waals surface area contributed by atoms with Crippen LogP contribution in [0.25, 0.3) is 0 Å². The average molecular weight is 170 g/mol. The maximum absolute atomic E-state index is 10.5. The molecule has 0 spiro atoms. The van der Waals surface area contributed by atoms with Crippen molar-refractivity contribution >= 4 is 17.5 Å². The van der Waals surface area contributed by atoms with Crippen LogP contribution in [0.4, 0.5) is 0 Å². The van der Waals surface area contributed by atoms with Crippen molar-refractivity contribution in [2.24, 2.45) is 5.73 Å². The minimum absolute atomic E-state index is 0.0700. The zero-order chi connectivity index (χ0) is 8.43. The van der Waals surface area contributed by atoms with Crippen molar-refractivity contribution in [1.82, 2.24) is 4.98 Å². The summed E-state index contributed by atoms with van der Waals surface area (Å²) in [5.74, 6) is -0.619. The highest BCUT2D eigenvalue weighted by atomic mass is 35.5. The zero-order valence-electron chi connectivity index (χ0n) is 5.89. The molecule has 1 amide bonds. The molecule has 0 aliphatic heterocycles. The van der Waals surface area contributed by atoms with E-state index in [1.165, 1.54) is 0 Å². The normalized spacial score (nSPS) is 9.64. The summed E-state index contributed by atoms with van der Waals surface area (Å²) in [4.78, 5) is 14.2. The molecule has 1 rings (SSSR count). The van der Waals surface area contributed by atoms with E-state index in [1.54, 1.807) is 13.0 Å². The van der Waals surface area contributed by atoms with Gasteiger partial charge >= 0.3 is 0 Å². The molecule has 0 aromatic carbocycles. The first-order valence-electron chi connectivity index (χ1n) is 2.96. The van der Waals surface area contributed by atoms with Crippen molar-refractivity contribution in [2.45, 2.75) is 6.92 Å². The van der Waals surface area contributed by atoms with Gasteiger partial charge < -0.3 is 5.73 Å². The van der Waals surface area contributed by atoms with Crippen LogP contribution >= 0.6 is 11.6 Å². The Labute approximate surface area is 69.2 Å². The van der Waals surface area contributed by atoms with Crippen molar-refractivity contribution in [3.8, 4) is 0 Å². The van der Waals surface area contributed by atoms with E-state index >= 15 is 0 Å². The number of halogens is 1. The molecule has 57 valence electrons. The molecule has 0 saturated carbocycles. The molecule has 1 radical (unpaired) electrons. The molecular weight excluding hydrogens is 164 g/mol. The van der Waals surface area contributed by atoms with Gasteiger partial charge in [0.1, 0.15) is 10.8 Å². The summed E-state index contributed by atoms with van der Waals surface area (Å²) in [5, 5.41) is 0.289. The average Bonchev–Trinajstić information content (AvgIpc) is 1.94. The van der Waals surface area contributed by atoms with E-state index in [9.17, 15) is 4.79 Å². The maximum atomic E-state index is 10.5. The molecule has 1 heterocycles. The van der Waals surface area contributed by atoms with Gasteiger partial charge in [0.05, 0.1) is 0 Å². The first-order valence-corrected chi connectivity index (χ1v) is 3.33. The lowest BCUT2D eigenvalue weighted by Gasteiger charge is -1.96. The fourth-order valence-electron chi connectivity index (χ4n) is 0.581. The Bertz CT molecular complexity index is 298. The van der Waals surface area contributed by atoms with E-state index in [-0.39, 0.29) is 10.8 Å². The van der Waals surface area contributed by atoms with E-state index in [0.717, 1.165) is 5.56 Å². The molecule has 11 heavy (non-hydrogen) atoms. The number of primary amides is 1. The van der Waals surface area contributed by atoms with E-state index in [0.29, 0.717) is 0 Å². The molecule has 0 unspecified atom stereocenters. The number of nitrogens with two attached hydrogens (primary N) is 1. The monoisotopic (exact) mass is 169 g/mol. The lowest BCUT2D eigenvalue weighted by atomic mass is 10.3. The minimum Gasteiger partial charge on any atom is -0.364 e. The lowest BCUT2D eigenvalue weighted by molar-refractivity contribution is 0.0995. The summed E-state index contributed by atoms with van der Waals surface area (Å²) in [7, 11) is 0. The number of amides is 1. The number of pyridine rings is 1. The highest BCUT2D eigenvalue weighted by Gasteiger charge is 2.03. The van der Waals surface area contributed by atoms with E-state index < -0.39 is 5.91 Å². The third kappa shape index (κ3) is 1.68. The third-order valence-corrected chi connectivity index (χ3v) is 1.58. The second-order valence-electron chi connectivity index (χ2n) is 2.09. The number of hydrogen-bond acceptors (Lipinski definition) is 2. The molecule has 0 saturated heterocycles. The first kappa shape index (κ1) is 8.01. The highest BCUT2D eigenvalue weighted by Crippen LogP contribution is 2.10. The summed E-state index contributed by atoms with van der Waals surface area (Å²) < 4.78 is 0. The van der Waals surface area contributed by atoms with Gasteiger partial charge in [-0.1, -0.05) is 11.6 Å². The topological polar surface area (TPSA) is 56.0 Å². The number of aromatic nitrogens is 1. The second kappa shape index (κ2) is 2.88. The van der Waals surface area contributed by atoms with Crippen molar-refractivity contribution in [3.05, 3.63) is 28.5 Å². The van der Waals surface area contributed by atoms with Gasteiger partial charge in [-0.2, -0.15) is 0 Å². The van der Waals surface area contributed by atoms with Crippen molar-refractivity contribution in [2.75, 3.05) is 0 Å². The van der Waals surface area contributed by atoms with Crippen LogP contribution in [0.15, 0.2) is 6.07 Å². The third-order valence-electron chi connectivity index (χ3n) is 1.19. The number of carbonyl (C=O) groups excluding carboxylic acids is 1. The molecule has 0 atom stereocenters. The summed E-state index contributed by atoms with van der Waals surface area (Å²) in [6.45, 7) is 1.77. The minimum atomic E-state index is -0.619. The van der Waals surface area contributed by atoms with Gasteiger partial charge in [0.15, 0.2) is 0 Å². The summed E-state index contributed by atoms with van der Waals surface area (Å²) in [5.41, 5.74) is 5.79. The van der Waals surface area contributed by atoms with Gasteiger partial charge in [-0.15, -0.1) is 0 Å². The van der Waals surface area contributed by atoms with Gasteiger partial charge in [0.25, 0.3) is 5.91 Å². The van der Waals surface area contributed by atoms with Crippen LogP contribution < -0.4 is 5.73 Å². The van der Waals surface area contributed by atoms with Crippen molar-refractivity contribution in [3.63, 3.8) is 0 Å². The van der Waals surface area contributed by atoms with E-state index in [1.807, 2.05) is 0 Å². The van der Waals surface area contributed by atoms with Gasteiger partial charge in [0.2, 0.25) is 0 Å². The maximum Gasteiger partial charge on any atom is 0.268 e. The van der Waals surface area contributed by atoms with Gasteiger partial charge in [0, 0.05) is 6.07 Å². The molecular formula is C7H6ClN2O. The van der Waals surface area contributed by atoms with E-state index in [4.69, 9.17) is 17.3 Å². The Kier molecular flexibility index (Phi) is 2.10. The Morgan fingerprint density at radius 1 is 1.82 bits per heavy atom. The van der Waals surface area contributed by atoms with Gasteiger partial charge in [-0.05, 0) is 18.6 Å². The Hall–Kier alpha value is -1.09. The van der Waals surface area contributed by atoms with E-state index in [2.05, 4.69) is 11.1 Å². The molecule has 3 nitrogen and oxygen atoms in total. The van der Waals surface area contributed by atoms with Crippen LogP contribution in [0.2, 0.25) is 5.15 Å². The smallest absolute Gasteiger partial charge is 0.268 e. The SMILES string of the molecule is Cc1c[c]c(C(N)=O)nc1Cl. The molecule has 0 fully saturated rings. The Morgan fingerprint density at radius 2 is 2.45 bits per heavy atom. The molecule has 0 aliphatic rings. The molecule has 1 aromatic rings. The second-order valence-corrected chi connectivity index (χ2v) is 2.45. The predicted octanol–water partition coefficient (Wildman–Crippen LogP) is 0.943. The number of nitrogens with zero attached hydrogens (tertiary/aromatic N) is 1. The number of aryl methyl sites for hydroxylation is 1.